The Labute approximate surface area is 175 Å². The number of hydrogen-bond acceptors (Lipinski definition) is 3. The van der Waals surface area contributed by atoms with Crippen LogP contribution in [0.25, 0.3) is 0 Å². The van der Waals surface area contributed by atoms with Gasteiger partial charge in [0.15, 0.2) is 0 Å². The van der Waals surface area contributed by atoms with Gasteiger partial charge >= 0.3 is 0 Å². The van der Waals surface area contributed by atoms with Gasteiger partial charge in [0.25, 0.3) is 0 Å². The molecule has 0 saturated carbocycles. The van der Waals surface area contributed by atoms with Crippen molar-refractivity contribution >= 4 is 27.3 Å². The molecule has 0 bridgehead atoms. The Morgan fingerprint density at radius 1 is 0.931 bits per heavy atom. The zero-order chi connectivity index (χ0) is 20.9. The van der Waals surface area contributed by atoms with Crippen LogP contribution in [0, 0.1) is 5.82 Å². The summed E-state index contributed by atoms with van der Waals surface area (Å²) in [5, 5.41) is 3.56. The van der Waals surface area contributed by atoms with Gasteiger partial charge in [0.1, 0.15) is 5.82 Å². The number of sulfonamides is 1. The summed E-state index contributed by atoms with van der Waals surface area (Å²) in [4.78, 5) is 0. The van der Waals surface area contributed by atoms with Crippen molar-refractivity contribution in [1.29, 1.82) is 0 Å². The minimum absolute atomic E-state index is 0.293. The zero-order valence-electron chi connectivity index (χ0n) is 16.0. The number of benzene rings is 3. The van der Waals surface area contributed by atoms with E-state index < -0.39 is 10.0 Å². The van der Waals surface area contributed by atoms with E-state index in [9.17, 15) is 12.8 Å². The van der Waals surface area contributed by atoms with Crippen molar-refractivity contribution in [3.8, 4) is 0 Å². The highest BCUT2D eigenvalue weighted by Crippen LogP contribution is 2.24. The summed E-state index contributed by atoms with van der Waals surface area (Å²) >= 11 is 5.80. The molecule has 0 atom stereocenters. The molecule has 2 N–H and O–H groups in total. The third-order valence-corrected chi connectivity index (χ3v) is 5.26. The molecule has 0 aromatic heterocycles. The molecule has 0 heterocycles. The predicted molar refractivity (Wildman–Crippen MR) is 116 cm³/mol. The molecule has 0 aliphatic heterocycles. The van der Waals surface area contributed by atoms with Crippen molar-refractivity contribution in [1.82, 2.24) is 5.32 Å². The second kappa shape index (κ2) is 9.39. The van der Waals surface area contributed by atoms with Gasteiger partial charge in [-0.2, -0.15) is 0 Å². The van der Waals surface area contributed by atoms with Crippen LogP contribution in [0.2, 0.25) is 5.02 Å². The summed E-state index contributed by atoms with van der Waals surface area (Å²) in [5.74, 6) is -0.378. The first kappa shape index (κ1) is 21.3. The molecule has 4 nitrogen and oxygen atoms in total. The van der Waals surface area contributed by atoms with Crippen molar-refractivity contribution in [2.45, 2.75) is 19.5 Å². The summed E-state index contributed by atoms with van der Waals surface area (Å²) in [6.07, 6.45) is 1.78. The monoisotopic (exact) mass is 432 g/mol. The first-order valence-electron chi connectivity index (χ1n) is 9.09. The van der Waals surface area contributed by atoms with Gasteiger partial charge in [0.2, 0.25) is 10.0 Å². The number of rotatable bonds is 8. The summed E-state index contributed by atoms with van der Waals surface area (Å²) in [7, 11) is -3.43. The Morgan fingerprint density at radius 3 is 2.38 bits per heavy atom. The van der Waals surface area contributed by atoms with E-state index in [4.69, 9.17) is 11.6 Å². The molecule has 0 saturated heterocycles. The van der Waals surface area contributed by atoms with Crippen LogP contribution in [0.4, 0.5) is 10.1 Å². The molecule has 0 fully saturated rings. The van der Waals surface area contributed by atoms with Gasteiger partial charge in [-0.3, -0.25) is 4.72 Å². The Bertz CT molecular complexity index is 1090. The third-order valence-electron chi connectivity index (χ3n) is 4.44. The number of anilines is 1. The maximum atomic E-state index is 14.0. The summed E-state index contributed by atoms with van der Waals surface area (Å²) in [6, 6.07) is 20.0. The normalized spacial score (nSPS) is 11.4. The molecular weight excluding hydrogens is 411 g/mol. The van der Waals surface area contributed by atoms with Crippen LogP contribution in [0.15, 0.2) is 66.7 Å². The summed E-state index contributed by atoms with van der Waals surface area (Å²) < 4.78 is 40.2. The van der Waals surface area contributed by atoms with Gasteiger partial charge in [-0.25, -0.2) is 12.8 Å². The maximum Gasteiger partial charge on any atom is 0.229 e. The average Bonchev–Trinajstić information content (AvgIpc) is 2.65. The SMILES string of the molecule is CS(=O)(=O)Nc1cccc(Cc2ccccc2)c1CNCc1ccc(Cl)cc1F. The predicted octanol–water partition coefficient (Wildman–Crippen LogP) is 4.73. The minimum Gasteiger partial charge on any atom is -0.308 e. The first-order chi connectivity index (χ1) is 13.8. The van der Waals surface area contributed by atoms with Crippen LogP contribution >= 0.6 is 11.6 Å². The molecule has 3 aromatic carbocycles. The molecule has 152 valence electrons. The zero-order valence-corrected chi connectivity index (χ0v) is 17.5. The van der Waals surface area contributed by atoms with E-state index in [1.54, 1.807) is 18.2 Å². The fourth-order valence-corrected chi connectivity index (χ4v) is 3.86. The molecule has 29 heavy (non-hydrogen) atoms. The fourth-order valence-electron chi connectivity index (χ4n) is 3.11. The highest BCUT2D eigenvalue weighted by Gasteiger charge is 2.13. The third kappa shape index (κ3) is 6.29. The molecule has 0 spiro atoms. The van der Waals surface area contributed by atoms with E-state index in [1.807, 2.05) is 42.5 Å². The van der Waals surface area contributed by atoms with E-state index >= 15 is 0 Å². The van der Waals surface area contributed by atoms with Crippen LogP contribution in [0.1, 0.15) is 22.3 Å². The van der Waals surface area contributed by atoms with Crippen molar-refractivity contribution in [2.24, 2.45) is 0 Å². The number of halogens is 2. The molecule has 0 amide bonds. The molecular formula is C22H22ClFN2O2S. The fraction of sp³-hybridized carbons (Fsp3) is 0.182. The van der Waals surface area contributed by atoms with Gasteiger partial charge in [-0.1, -0.05) is 60.1 Å². The second-order valence-electron chi connectivity index (χ2n) is 6.82. The van der Waals surface area contributed by atoms with Crippen molar-refractivity contribution in [3.63, 3.8) is 0 Å². The summed E-state index contributed by atoms with van der Waals surface area (Å²) in [5.41, 5.74) is 3.96. The van der Waals surface area contributed by atoms with Crippen LogP contribution in [-0.4, -0.2) is 14.7 Å². The van der Waals surface area contributed by atoms with Gasteiger partial charge in [-0.15, -0.1) is 0 Å². The Kier molecular flexibility index (Phi) is 6.90. The molecule has 0 radical (unpaired) electrons. The van der Waals surface area contributed by atoms with E-state index in [0.717, 1.165) is 22.9 Å². The lowest BCUT2D eigenvalue weighted by atomic mass is 9.98. The highest BCUT2D eigenvalue weighted by atomic mass is 35.5. The lowest BCUT2D eigenvalue weighted by Gasteiger charge is -2.17. The van der Waals surface area contributed by atoms with Gasteiger partial charge in [0, 0.05) is 23.7 Å². The first-order valence-corrected chi connectivity index (χ1v) is 11.4. The topological polar surface area (TPSA) is 58.2 Å². The minimum atomic E-state index is -3.43. The number of nitrogens with one attached hydrogen (secondary N) is 2. The van der Waals surface area contributed by atoms with Crippen LogP contribution < -0.4 is 10.0 Å². The van der Waals surface area contributed by atoms with Crippen LogP contribution in [0.3, 0.4) is 0 Å². The number of hydrogen-bond donors (Lipinski definition) is 2. The molecule has 3 rings (SSSR count). The standard InChI is InChI=1S/C22H22ClFN2O2S/c1-29(27,28)26-22-9-5-8-17(12-16-6-3-2-4-7-16)20(22)15-25-14-18-10-11-19(23)13-21(18)24/h2-11,13,25-26H,12,14-15H2,1H3. The average molecular weight is 433 g/mol. The largest absolute Gasteiger partial charge is 0.308 e. The van der Waals surface area contributed by atoms with E-state index in [1.165, 1.54) is 6.07 Å². The molecule has 3 aromatic rings. The highest BCUT2D eigenvalue weighted by molar-refractivity contribution is 7.92. The van der Waals surface area contributed by atoms with Crippen LogP contribution in [0.5, 0.6) is 0 Å². The van der Waals surface area contributed by atoms with Gasteiger partial charge < -0.3 is 5.32 Å². The molecule has 0 aliphatic rings. The van der Waals surface area contributed by atoms with Crippen LogP contribution in [-0.2, 0) is 29.5 Å². The van der Waals surface area contributed by atoms with Gasteiger partial charge in [-0.05, 0) is 41.3 Å². The molecule has 7 heteroatoms. The van der Waals surface area contributed by atoms with E-state index in [-0.39, 0.29) is 5.82 Å². The Hall–Kier alpha value is -2.41. The van der Waals surface area contributed by atoms with Crippen molar-refractivity contribution in [2.75, 3.05) is 11.0 Å². The van der Waals surface area contributed by atoms with Gasteiger partial charge in [0.05, 0.1) is 11.9 Å². The maximum absolute atomic E-state index is 14.0. The van der Waals surface area contributed by atoms with Crippen molar-refractivity contribution < 1.29 is 12.8 Å². The quantitative estimate of drug-likeness (QED) is 0.541. The molecule has 0 aliphatic carbocycles. The summed E-state index contributed by atoms with van der Waals surface area (Å²) in [6.45, 7) is 0.671. The Balaban J connectivity index is 1.84. The van der Waals surface area contributed by atoms with E-state index in [0.29, 0.717) is 35.8 Å². The molecule has 0 unspecified atom stereocenters. The lowest BCUT2D eigenvalue weighted by molar-refractivity contribution is 0.587. The second-order valence-corrected chi connectivity index (χ2v) is 9.00. The van der Waals surface area contributed by atoms with Crippen molar-refractivity contribution in [3.05, 3.63) is 99.8 Å². The van der Waals surface area contributed by atoms with E-state index in [2.05, 4.69) is 10.0 Å². The lowest BCUT2D eigenvalue weighted by Crippen LogP contribution is -2.18. The Morgan fingerprint density at radius 2 is 1.69 bits per heavy atom. The smallest absolute Gasteiger partial charge is 0.229 e.